The van der Waals surface area contributed by atoms with Crippen LogP contribution in [0.25, 0.3) is 22.3 Å². The number of nitrogens with one attached hydrogen (secondary N) is 1. The van der Waals surface area contributed by atoms with E-state index < -0.39 is 21.9 Å². The fourth-order valence-corrected chi connectivity index (χ4v) is 7.21. The second-order valence-corrected chi connectivity index (χ2v) is 15.4. The van der Waals surface area contributed by atoms with Crippen molar-refractivity contribution in [2.24, 2.45) is 0 Å². The Morgan fingerprint density at radius 1 is 0.556 bits per heavy atom. The summed E-state index contributed by atoms with van der Waals surface area (Å²) in [5.41, 5.74) is 5.11. The quantitative estimate of drug-likeness (QED) is 0.0937. The van der Waals surface area contributed by atoms with Crippen molar-refractivity contribution in [3.63, 3.8) is 0 Å². The molecule has 7 aromatic rings. The molecule has 2 aromatic heterocycles. The van der Waals surface area contributed by atoms with E-state index in [4.69, 9.17) is 42.4 Å². The zero-order valence-corrected chi connectivity index (χ0v) is 36.1. The maximum Gasteiger partial charge on any atom is 0.371 e. The van der Waals surface area contributed by atoms with Crippen molar-refractivity contribution >= 4 is 21.9 Å². The van der Waals surface area contributed by atoms with E-state index in [2.05, 4.69) is 0 Å². The van der Waals surface area contributed by atoms with Crippen LogP contribution in [0.4, 0.5) is 0 Å². The van der Waals surface area contributed by atoms with Gasteiger partial charge < -0.3 is 42.4 Å². The molecule has 0 fully saturated rings. The van der Waals surface area contributed by atoms with Gasteiger partial charge in [-0.25, -0.2) is 17.9 Å². The normalized spacial score (nSPS) is 10.8. The number of carboxylic acid groups (broad SMARTS) is 1. The number of aryl methyl sites for hydroxylation is 2. The van der Waals surface area contributed by atoms with Crippen molar-refractivity contribution in [1.82, 2.24) is 4.72 Å². The van der Waals surface area contributed by atoms with Gasteiger partial charge in [0.15, 0.2) is 5.76 Å². The third-order valence-corrected chi connectivity index (χ3v) is 11.0. The second-order valence-electron chi connectivity index (χ2n) is 13.7. The fourth-order valence-electron chi connectivity index (χ4n) is 6.23. The van der Waals surface area contributed by atoms with Gasteiger partial charge in [0.05, 0.1) is 33.3 Å². The average molecular weight is 876 g/mol. The lowest BCUT2D eigenvalue weighted by molar-refractivity contribution is 0.0660. The first-order valence-electron chi connectivity index (χ1n) is 19.3. The average Bonchev–Trinajstić information content (AvgIpc) is 3.89. The summed E-state index contributed by atoms with van der Waals surface area (Å²) in [7, 11) is 2.43. The Bertz CT molecular complexity index is 2780. The number of carboxylic acids is 1. The smallest absolute Gasteiger partial charge is 0.371 e. The molecule has 5 aromatic carbocycles. The molecule has 0 saturated heterocycles. The van der Waals surface area contributed by atoms with Gasteiger partial charge in [-0.3, -0.25) is 4.79 Å². The number of methoxy groups -OCH3 is 4. The maximum absolute atomic E-state index is 12.5. The largest absolute Gasteiger partial charge is 0.497 e. The third-order valence-electron chi connectivity index (χ3n) is 9.69. The minimum absolute atomic E-state index is 0.0131. The van der Waals surface area contributed by atoms with Crippen LogP contribution in [0.15, 0.2) is 141 Å². The lowest BCUT2D eigenvalue weighted by atomic mass is 10.0. The highest BCUT2D eigenvalue weighted by Crippen LogP contribution is 2.36. The van der Waals surface area contributed by atoms with Gasteiger partial charge in [-0.1, -0.05) is 42.5 Å². The number of hydrogen-bond acceptors (Lipinski definition) is 12. The summed E-state index contributed by atoms with van der Waals surface area (Å²) in [5, 5.41) is 8.97. The summed E-state index contributed by atoms with van der Waals surface area (Å²) in [6.07, 6.45) is 0. The monoisotopic (exact) mass is 875 g/mol. The number of rotatable bonds is 16. The number of hydrogen-bond donors (Lipinski definition) is 2. The van der Waals surface area contributed by atoms with Gasteiger partial charge in [0.1, 0.15) is 59.2 Å². The molecule has 0 aliphatic heterocycles. The summed E-state index contributed by atoms with van der Waals surface area (Å²) >= 11 is 0. The molecule has 0 bridgehead atoms. The molecule has 2 heterocycles. The summed E-state index contributed by atoms with van der Waals surface area (Å²) in [5.74, 6) is 2.96. The van der Waals surface area contributed by atoms with E-state index in [0.29, 0.717) is 45.6 Å². The van der Waals surface area contributed by atoms with Gasteiger partial charge in [0.25, 0.3) is 10.0 Å². The van der Waals surface area contributed by atoms with Crippen LogP contribution >= 0.6 is 0 Å². The van der Waals surface area contributed by atoms with Gasteiger partial charge >= 0.3 is 11.9 Å². The standard InChI is InChI=1S/C27H25NO7S.C21H20O6/c1-18-20(15-26(35-18)27(29)28-36(30,31)23-7-5-4-6-8-23)17-34-21-11-9-19(10-12-21)24-14-13-22(32-2)16-25(24)33-3;1-13-15(10-20(27-13)21(22)23)12-26-16-6-4-14(5-7-16)18-9-8-17(24-2)11-19(18)25-3/h4-16H,17H2,1-3H3,(H,28,29);4-11H,12H2,1-3H3,(H,22,23). The lowest BCUT2D eigenvalue weighted by Crippen LogP contribution is -2.30. The number of sulfonamides is 1. The van der Waals surface area contributed by atoms with Crippen molar-refractivity contribution in [2.75, 3.05) is 28.4 Å². The Morgan fingerprint density at radius 2 is 0.984 bits per heavy atom. The molecule has 15 heteroatoms. The molecule has 0 radical (unpaired) electrons. The molecule has 0 spiro atoms. The number of carbonyl (C=O) groups excluding carboxylic acids is 1. The van der Waals surface area contributed by atoms with Crippen molar-refractivity contribution in [1.29, 1.82) is 0 Å². The number of ether oxygens (including phenoxy) is 6. The highest BCUT2D eigenvalue weighted by atomic mass is 32.2. The highest BCUT2D eigenvalue weighted by Gasteiger charge is 2.22. The molecule has 0 saturated carbocycles. The van der Waals surface area contributed by atoms with Gasteiger partial charge in [-0.05, 0) is 97.8 Å². The van der Waals surface area contributed by atoms with Crippen LogP contribution in [0.3, 0.4) is 0 Å². The summed E-state index contributed by atoms with van der Waals surface area (Å²) in [6.45, 7) is 3.76. The summed E-state index contributed by atoms with van der Waals surface area (Å²) < 4.78 is 70.5. The third kappa shape index (κ3) is 11.2. The Hall–Kier alpha value is -7.65. The Kier molecular flexibility index (Phi) is 14.4. The molecule has 7 rings (SSSR count). The zero-order chi connectivity index (χ0) is 45.1. The minimum atomic E-state index is -4.01. The van der Waals surface area contributed by atoms with E-state index in [1.165, 1.54) is 24.3 Å². The Labute approximate surface area is 364 Å². The molecule has 63 heavy (non-hydrogen) atoms. The van der Waals surface area contributed by atoms with E-state index in [9.17, 15) is 18.0 Å². The molecule has 0 aliphatic carbocycles. The topological polar surface area (TPSA) is 182 Å². The Morgan fingerprint density at radius 3 is 1.40 bits per heavy atom. The summed E-state index contributed by atoms with van der Waals surface area (Å²) in [6, 6.07) is 36.9. The minimum Gasteiger partial charge on any atom is -0.497 e. The lowest BCUT2D eigenvalue weighted by Gasteiger charge is -2.11. The number of benzene rings is 5. The maximum atomic E-state index is 12.5. The first-order valence-corrected chi connectivity index (χ1v) is 20.7. The molecule has 0 unspecified atom stereocenters. The molecule has 14 nitrogen and oxygen atoms in total. The highest BCUT2D eigenvalue weighted by molar-refractivity contribution is 7.90. The number of carbonyl (C=O) groups is 2. The van der Waals surface area contributed by atoms with Gasteiger partial charge in [0.2, 0.25) is 5.76 Å². The molecule has 1 amide bonds. The predicted octanol–water partition coefficient (Wildman–Crippen LogP) is 9.52. The van der Waals surface area contributed by atoms with Gasteiger partial charge in [-0.15, -0.1) is 0 Å². The van der Waals surface area contributed by atoms with Crippen LogP contribution in [-0.2, 0) is 23.2 Å². The van der Waals surface area contributed by atoms with Crippen LogP contribution in [0, 0.1) is 13.8 Å². The van der Waals surface area contributed by atoms with Crippen LogP contribution in [0.5, 0.6) is 34.5 Å². The van der Waals surface area contributed by atoms with Crippen molar-refractivity contribution in [2.45, 2.75) is 32.0 Å². The fraction of sp³-hybridized carbons (Fsp3) is 0.167. The van der Waals surface area contributed by atoms with Crippen molar-refractivity contribution < 1.29 is 60.4 Å². The Balaban J connectivity index is 0.000000219. The predicted molar refractivity (Wildman–Crippen MR) is 234 cm³/mol. The summed E-state index contributed by atoms with van der Waals surface area (Å²) in [4.78, 5) is 23.4. The van der Waals surface area contributed by atoms with E-state index in [1.54, 1.807) is 60.5 Å². The molecule has 2 N–H and O–H groups in total. The second kappa shape index (κ2) is 20.3. The molecule has 0 atom stereocenters. The van der Waals surface area contributed by atoms with E-state index in [-0.39, 0.29) is 29.6 Å². The van der Waals surface area contributed by atoms with Crippen molar-refractivity contribution in [3.8, 4) is 56.8 Å². The van der Waals surface area contributed by atoms with Crippen molar-refractivity contribution in [3.05, 3.63) is 162 Å². The van der Waals surface area contributed by atoms with E-state index in [1.807, 2.05) is 89.7 Å². The van der Waals surface area contributed by atoms with Crippen LogP contribution in [0.1, 0.15) is 43.8 Å². The molecule has 326 valence electrons. The first kappa shape index (κ1) is 44.9. The SMILES string of the molecule is COc1ccc(-c2ccc(OCc3cc(C(=O)NS(=O)(=O)c4ccccc4)oc3C)cc2)c(OC)c1.COc1ccc(-c2ccc(OCc3cc(C(=O)O)oc3C)cc2)c(OC)c1. The molecule has 0 aliphatic rings. The first-order chi connectivity index (χ1) is 30.3. The van der Waals surface area contributed by atoms with Crippen LogP contribution < -0.4 is 33.1 Å². The number of amides is 1. The van der Waals surface area contributed by atoms with E-state index >= 15 is 0 Å². The number of furan rings is 2. The van der Waals surface area contributed by atoms with Gasteiger partial charge in [0, 0.05) is 34.4 Å². The molecular formula is C48H45NO13S. The van der Waals surface area contributed by atoms with Crippen LogP contribution in [-0.4, -0.2) is 53.8 Å². The number of aromatic carboxylic acids is 1. The van der Waals surface area contributed by atoms with Gasteiger partial charge in [-0.2, -0.15) is 0 Å². The van der Waals surface area contributed by atoms with Crippen LogP contribution in [0.2, 0.25) is 0 Å². The molecular weight excluding hydrogens is 831 g/mol. The van der Waals surface area contributed by atoms with E-state index in [0.717, 1.165) is 33.8 Å². The zero-order valence-electron chi connectivity index (χ0n) is 35.3.